The molecular weight excluding hydrogens is 254 g/mol. The predicted octanol–water partition coefficient (Wildman–Crippen LogP) is 1.86. The van der Waals surface area contributed by atoms with Crippen LogP contribution in [0, 0.1) is 0 Å². The number of rotatable bonds is 5. The van der Waals surface area contributed by atoms with Gasteiger partial charge in [-0.3, -0.25) is 0 Å². The fraction of sp³-hybridized carbons (Fsp3) is 0.500. The highest BCUT2D eigenvalue weighted by atomic mass is 32.2. The predicted molar refractivity (Wildman–Crippen MR) is 72.2 cm³/mol. The molecule has 0 saturated carbocycles. The molecule has 0 bridgehead atoms. The van der Waals surface area contributed by atoms with Crippen molar-refractivity contribution in [1.82, 2.24) is 5.32 Å². The molecule has 0 aromatic heterocycles. The van der Waals surface area contributed by atoms with E-state index in [1.807, 2.05) is 23.9 Å². The Morgan fingerprint density at radius 2 is 2.18 bits per heavy atom. The molecular formula is C12H17NO2S2. The van der Waals surface area contributed by atoms with E-state index in [2.05, 4.69) is 11.6 Å². The zero-order chi connectivity index (χ0) is 12.3. The quantitative estimate of drug-likeness (QED) is 0.830. The maximum atomic E-state index is 11.9. The standard InChI is InChI=1S/C12H17NO2S2/c1-16-8-4-7-13-11-9-17(14,15)12-6-3-2-5-10(11)12/h2-3,5-6,11,13H,4,7-9H2,1H3. The largest absolute Gasteiger partial charge is 0.309 e. The average molecular weight is 271 g/mol. The Labute approximate surface area is 107 Å². The molecule has 0 radical (unpaired) electrons. The van der Waals surface area contributed by atoms with Crippen LogP contribution in [0.25, 0.3) is 0 Å². The van der Waals surface area contributed by atoms with Gasteiger partial charge in [-0.2, -0.15) is 11.8 Å². The Balaban J connectivity index is 2.07. The van der Waals surface area contributed by atoms with Crippen molar-refractivity contribution in [1.29, 1.82) is 0 Å². The third-order valence-corrected chi connectivity index (χ3v) is 5.44. The van der Waals surface area contributed by atoms with Gasteiger partial charge in [0.1, 0.15) is 0 Å². The maximum absolute atomic E-state index is 11.9. The number of benzene rings is 1. The topological polar surface area (TPSA) is 46.2 Å². The number of thioether (sulfide) groups is 1. The molecule has 1 unspecified atom stereocenters. The average Bonchev–Trinajstić information content (AvgIpc) is 2.58. The second-order valence-corrected chi connectivity index (χ2v) is 7.16. The van der Waals surface area contributed by atoms with Gasteiger partial charge in [-0.25, -0.2) is 8.42 Å². The van der Waals surface area contributed by atoms with Gasteiger partial charge in [0, 0.05) is 6.04 Å². The molecule has 1 heterocycles. The molecule has 1 aliphatic rings. The minimum atomic E-state index is -3.07. The number of hydrogen-bond acceptors (Lipinski definition) is 4. The molecule has 17 heavy (non-hydrogen) atoms. The summed E-state index contributed by atoms with van der Waals surface area (Å²) in [6, 6.07) is 7.27. The monoisotopic (exact) mass is 271 g/mol. The molecule has 1 aromatic rings. The Morgan fingerprint density at radius 1 is 1.41 bits per heavy atom. The van der Waals surface area contributed by atoms with Crippen molar-refractivity contribution in [3.8, 4) is 0 Å². The number of hydrogen-bond donors (Lipinski definition) is 1. The highest BCUT2D eigenvalue weighted by Gasteiger charge is 2.33. The van der Waals surface area contributed by atoms with Crippen molar-refractivity contribution in [2.24, 2.45) is 0 Å². The summed E-state index contributed by atoms with van der Waals surface area (Å²) in [5.41, 5.74) is 0.927. The Morgan fingerprint density at radius 3 is 2.94 bits per heavy atom. The van der Waals surface area contributed by atoms with E-state index in [0.29, 0.717) is 4.90 Å². The SMILES string of the molecule is CSCCCNC1CS(=O)(=O)c2ccccc21. The molecule has 1 aliphatic heterocycles. The van der Waals surface area contributed by atoms with E-state index in [1.165, 1.54) is 0 Å². The Bertz CT molecular complexity index is 485. The van der Waals surface area contributed by atoms with Crippen molar-refractivity contribution >= 4 is 21.6 Å². The first-order chi connectivity index (χ1) is 8.15. The second-order valence-electron chi connectivity index (χ2n) is 4.17. The summed E-state index contributed by atoms with van der Waals surface area (Å²) in [5.74, 6) is 1.31. The highest BCUT2D eigenvalue weighted by Crippen LogP contribution is 2.32. The Kier molecular flexibility index (Phi) is 4.12. The van der Waals surface area contributed by atoms with Gasteiger partial charge in [0.25, 0.3) is 0 Å². The van der Waals surface area contributed by atoms with Gasteiger partial charge in [-0.05, 0) is 36.6 Å². The van der Waals surface area contributed by atoms with Gasteiger partial charge in [0.2, 0.25) is 0 Å². The van der Waals surface area contributed by atoms with Crippen LogP contribution in [0.1, 0.15) is 18.0 Å². The number of sulfone groups is 1. The van der Waals surface area contributed by atoms with Crippen LogP contribution in [-0.2, 0) is 9.84 Å². The lowest BCUT2D eigenvalue weighted by Crippen LogP contribution is -2.24. The van der Waals surface area contributed by atoms with Crippen molar-refractivity contribution in [3.63, 3.8) is 0 Å². The first-order valence-corrected chi connectivity index (χ1v) is 8.74. The van der Waals surface area contributed by atoms with E-state index in [9.17, 15) is 8.42 Å². The van der Waals surface area contributed by atoms with Gasteiger partial charge >= 0.3 is 0 Å². The molecule has 1 aromatic carbocycles. The lowest BCUT2D eigenvalue weighted by molar-refractivity contribution is 0.565. The van der Waals surface area contributed by atoms with Gasteiger partial charge < -0.3 is 5.32 Å². The fourth-order valence-corrected chi connectivity index (χ4v) is 4.32. The first kappa shape index (κ1) is 12.9. The van der Waals surface area contributed by atoms with E-state index in [0.717, 1.165) is 24.3 Å². The van der Waals surface area contributed by atoms with Crippen LogP contribution in [0.15, 0.2) is 29.2 Å². The van der Waals surface area contributed by atoms with Crippen molar-refractivity contribution in [2.75, 3.05) is 24.3 Å². The maximum Gasteiger partial charge on any atom is 0.180 e. The molecule has 1 atom stereocenters. The molecule has 2 rings (SSSR count). The van der Waals surface area contributed by atoms with E-state index >= 15 is 0 Å². The van der Waals surface area contributed by atoms with Crippen LogP contribution in [-0.4, -0.2) is 32.7 Å². The molecule has 1 N–H and O–H groups in total. The van der Waals surface area contributed by atoms with Crippen molar-refractivity contribution in [3.05, 3.63) is 29.8 Å². The zero-order valence-electron chi connectivity index (χ0n) is 9.85. The Hall–Kier alpha value is -0.520. The van der Waals surface area contributed by atoms with Crippen LogP contribution in [0.4, 0.5) is 0 Å². The number of fused-ring (bicyclic) bond motifs is 1. The molecule has 94 valence electrons. The molecule has 3 nitrogen and oxygen atoms in total. The zero-order valence-corrected chi connectivity index (χ0v) is 11.5. The molecule has 5 heteroatoms. The number of nitrogens with one attached hydrogen (secondary N) is 1. The third-order valence-electron chi connectivity index (χ3n) is 2.93. The summed E-state index contributed by atoms with van der Waals surface area (Å²) in [4.78, 5) is 0.502. The van der Waals surface area contributed by atoms with E-state index in [4.69, 9.17) is 0 Å². The van der Waals surface area contributed by atoms with E-state index in [-0.39, 0.29) is 11.8 Å². The van der Waals surface area contributed by atoms with E-state index in [1.54, 1.807) is 12.1 Å². The smallest absolute Gasteiger partial charge is 0.180 e. The lowest BCUT2D eigenvalue weighted by Gasteiger charge is -2.11. The molecule has 0 spiro atoms. The molecule has 0 amide bonds. The van der Waals surface area contributed by atoms with Crippen LogP contribution >= 0.6 is 11.8 Å². The van der Waals surface area contributed by atoms with E-state index < -0.39 is 9.84 Å². The minimum absolute atomic E-state index is 0.0296. The summed E-state index contributed by atoms with van der Waals surface area (Å²) in [5, 5.41) is 3.34. The fourth-order valence-electron chi connectivity index (χ4n) is 2.11. The summed E-state index contributed by atoms with van der Waals surface area (Å²) in [6.07, 6.45) is 3.15. The normalized spacial score (nSPS) is 21.4. The third kappa shape index (κ3) is 2.84. The second kappa shape index (κ2) is 5.42. The first-order valence-electron chi connectivity index (χ1n) is 5.69. The van der Waals surface area contributed by atoms with Crippen LogP contribution < -0.4 is 5.32 Å². The van der Waals surface area contributed by atoms with Gasteiger partial charge in [0.05, 0.1) is 10.6 Å². The molecule has 0 saturated heterocycles. The minimum Gasteiger partial charge on any atom is -0.309 e. The lowest BCUT2D eigenvalue weighted by atomic mass is 10.1. The molecule has 0 fully saturated rings. The summed E-state index contributed by atoms with van der Waals surface area (Å²) in [6.45, 7) is 0.870. The van der Waals surface area contributed by atoms with Crippen LogP contribution in [0.3, 0.4) is 0 Å². The van der Waals surface area contributed by atoms with Crippen LogP contribution in [0.2, 0.25) is 0 Å². The van der Waals surface area contributed by atoms with Gasteiger partial charge in [0.15, 0.2) is 9.84 Å². The highest BCUT2D eigenvalue weighted by molar-refractivity contribution is 7.98. The van der Waals surface area contributed by atoms with Crippen molar-refractivity contribution < 1.29 is 8.42 Å². The molecule has 0 aliphatic carbocycles. The summed E-state index contributed by atoms with van der Waals surface area (Å²) in [7, 11) is -3.07. The van der Waals surface area contributed by atoms with Crippen LogP contribution in [0.5, 0.6) is 0 Å². The van der Waals surface area contributed by atoms with Crippen molar-refractivity contribution in [2.45, 2.75) is 17.4 Å². The van der Waals surface area contributed by atoms with Gasteiger partial charge in [-0.15, -0.1) is 0 Å². The van der Waals surface area contributed by atoms with Gasteiger partial charge in [-0.1, -0.05) is 18.2 Å². The summed E-state index contributed by atoms with van der Waals surface area (Å²) < 4.78 is 23.8. The summed E-state index contributed by atoms with van der Waals surface area (Å²) >= 11 is 1.81.